The van der Waals surface area contributed by atoms with Crippen LogP contribution in [-0.2, 0) is 4.79 Å². The highest BCUT2D eigenvalue weighted by Crippen LogP contribution is 2.18. The zero-order chi connectivity index (χ0) is 16.5. The lowest BCUT2D eigenvalue weighted by atomic mass is 9.92. The topological polar surface area (TPSA) is 37.3 Å². The van der Waals surface area contributed by atoms with E-state index < -0.39 is 0 Å². The molecule has 0 aromatic carbocycles. The fourth-order valence-electron chi connectivity index (χ4n) is 2.71. The van der Waals surface area contributed by atoms with Gasteiger partial charge in [-0.05, 0) is 44.6 Å². The van der Waals surface area contributed by atoms with E-state index in [0.717, 1.165) is 51.2 Å². The molecule has 128 valence electrons. The highest BCUT2D eigenvalue weighted by Gasteiger charge is 2.14. The number of aliphatic hydroxyl groups is 1. The van der Waals surface area contributed by atoms with E-state index in [9.17, 15) is 4.79 Å². The Labute approximate surface area is 137 Å². The molecule has 0 aliphatic heterocycles. The Balaban J connectivity index is 3.91. The van der Waals surface area contributed by atoms with Crippen molar-refractivity contribution in [1.29, 1.82) is 0 Å². The summed E-state index contributed by atoms with van der Waals surface area (Å²) in [5, 5.41) is 8.59. The van der Waals surface area contributed by atoms with Gasteiger partial charge in [0.25, 0.3) is 0 Å². The van der Waals surface area contributed by atoms with Gasteiger partial charge in [0, 0.05) is 5.92 Å². The van der Waals surface area contributed by atoms with Gasteiger partial charge in [-0.15, -0.1) is 0 Å². The number of rotatable bonds is 15. The van der Waals surface area contributed by atoms with Crippen LogP contribution in [0.2, 0.25) is 0 Å². The molecule has 1 N–H and O–H groups in total. The number of ketones is 1. The lowest BCUT2D eigenvalue weighted by Gasteiger charge is -2.12. The molecule has 0 saturated carbocycles. The molecule has 2 heteroatoms. The Morgan fingerprint density at radius 1 is 0.864 bits per heavy atom. The van der Waals surface area contributed by atoms with Gasteiger partial charge in [0.2, 0.25) is 0 Å². The van der Waals surface area contributed by atoms with E-state index >= 15 is 0 Å². The van der Waals surface area contributed by atoms with Crippen molar-refractivity contribution in [2.45, 2.75) is 90.9 Å². The fourth-order valence-corrected chi connectivity index (χ4v) is 2.71. The van der Waals surface area contributed by atoms with Crippen LogP contribution in [0.5, 0.6) is 0 Å². The molecule has 1 unspecified atom stereocenters. The Morgan fingerprint density at radius 3 is 2.23 bits per heavy atom. The van der Waals surface area contributed by atoms with E-state index in [2.05, 4.69) is 19.9 Å². The van der Waals surface area contributed by atoms with Gasteiger partial charge in [0.15, 0.2) is 5.78 Å². The zero-order valence-corrected chi connectivity index (χ0v) is 14.7. The number of hydrogen-bond donors (Lipinski definition) is 1. The summed E-state index contributed by atoms with van der Waals surface area (Å²) in [7, 11) is 0. The lowest BCUT2D eigenvalue weighted by Crippen LogP contribution is -2.11. The molecule has 0 aliphatic carbocycles. The molecule has 0 radical (unpaired) electrons. The minimum Gasteiger partial charge on any atom is -0.516 e. The van der Waals surface area contributed by atoms with Crippen molar-refractivity contribution in [3.8, 4) is 0 Å². The van der Waals surface area contributed by atoms with Crippen LogP contribution in [0.25, 0.3) is 0 Å². The maximum absolute atomic E-state index is 12.2. The second kappa shape index (κ2) is 16.3. The van der Waals surface area contributed by atoms with Gasteiger partial charge < -0.3 is 5.11 Å². The fraction of sp³-hybridized carbons (Fsp3) is 0.750. The maximum Gasteiger partial charge on any atom is 0.158 e. The molecule has 0 spiro atoms. The van der Waals surface area contributed by atoms with Crippen molar-refractivity contribution in [1.82, 2.24) is 0 Å². The van der Waals surface area contributed by atoms with Crippen molar-refractivity contribution in [3.63, 3.8) is 0 Å². The molecule has 0 amide bonds. The Hall–Kier alpha value is -1.05. The van der Waals surface area contributed by atoms with Crippen molar-refractivity contribution in [2.75, 3.05) is 0 Å². The number of allylic oxidation sites excluding steroid dienone is 3. The van der Waals surface area contributed by atoms with Gasteiger partial charge >= 0.3 is 0 Å². The van der Waals surface area contributed by atoms with E-state index in [1.54, 1.807) is 6.08 Å². The van der Waals surface area contributed by atoms with Crippen LogP contribution in [-0.4, -0.2) is 10.9 Å². The molecular weight excluding hydrogens is 272 g/mol. The first-order valence-electron chi connectivity index (χ1n) is 9.25. The number of carbonyl (C=O) groups excluding carboxylic acids is 1. The second-order valence-corrected chi connectivity index (χ2v) is 6.16. The predicted molar refractivity (Wildman–Crippen MR) is 96.2 cm³/mol. The molecule has 0 heterocycles. The summed E-state index contributed by atoms with van der Waals surface area (Å²) >= 11 is 0. The second-order valence-electron chi connectivity index (χ2n) is 6.16. The molecule has 0 rings (SSSR count). The van der Waals surface area contributed by atoms with Crippen molar-refractivity contribution in [3.05, 3.63) is 24.5 Å². The molecule has 0 fully saturated rings. The maximum atomic E-state index is 12.2. The van der Waals surface area contributed by atoms with Crippen molar-refractivity contribution >= 4 is 5.78 Å². The van der Waals surface area contributed by atoms with Crippen LogP contribution >= 0.6 is 0 Å². The Bertz CT molecular complexity index is 305. The molecule has 0 saturated heterocycles. The summed E-state index contributed by atoms with van der Waals surface area (Å²) in [6, 6.07) is 0. The highest BCUT2D eigenvalue weighted by molar-refractivity contribution is 5.91. The largest absolute Gasteiger partial charge is 0.516 e. The Morgan fingerprint density at radius 2 is 1.55 bits per heavy atom. The normalized spacial score (nSPS) is 13.2. The highest BCUT2D eigenvalue weighted by atomic mass is 16.2. The molecule has 0 aromatic heterocycles. The summed E-state index contributed by atoms with van der Waals surface area (Å²) in [6.07, 6.45) is 20.3. The molecule has 22 heavy (non-hydrogen) atoms. The standard InChI is InChI=1S/C20H36O2/c1-3-5-6-7-8-9-13-17-20(22)19(15-4-2)16-12-10-11-14-18-21/h13-14,17-19,21H,3-12,15-16H2,1-2H3. The molecular formula is C20H36O2. The van der Waals surface area contributed by atoms with Crippen LogP contribution in [0.15, 0.2) is 24.5 Å². The number of hydrogen-bond acceptors (Lipinski definition) is 2. The van der Waals surface area contributed by atoms with Gasteiger partial charge in [0.05, 0.1) is 6.26 Å². The number of aliphatic hydroxyl groups excluding tert-OH is 1. The average Bonchev–Trinajstić information content (AvgIpc) is 2.52. The summed E-state index contributed by atoms with van der Waals surface area (Å²) in [4.78, 5) is 12.2. The van der Waals surface area contributed by atoms with E-state index in [1.165, 1.54) is 32.1 Å². The smallest absolute Gasteiger partial charge is 0.158 e. The zero-order valence-electron chi connectivity index (χ0n) is 14.7. The Kier molecular flexibility index (Phi) is 15.5. The van der Waals surface area contributed by atoms with E-state index in [1.807, 2.05) is 6.08 Å². The van der Waals surface area contributed by atoms with Crippen molar-refractivity contribution in [2.24, 2.45) is 5.92 Å². The minimum absolute atomic E-state index is 0.194. The monoisotopic (exact) mass is 308 g/mol. The van der Waals surface area contributed by atoms with Crippen molar-refractivity contribution < 1.29 is 9.90 Å². The molecule has 1 atom stereocenters. The average molecular weight is 309 g/mol. The molecule has 0 bridgehead atoms. The minimum atomic E-state index is 0.194. The van der Waals surface area contributed by atoms with Crippen LogP contribution in [0.4, 0.5) is 0 Å². The van der Waals surface area contributed by atoms with Crippen LogP contribution < -0.4 is 0 Å². The van der Waals surface area contributed by atoms with E-state index in [-0.39, 0.29) is 5.92 Å². The SMILES string of the molecule is CCCCCCCC=CC(=O)C(CCC)CCCCC=CO. The van der Waals surface area contributed by atoms with Gasteiger partial charge in [-0.3, -0.25) is 4.79 Å². The predicted octanol–water partition coefficient (Wildman–Crippen LogP) is 6.52. The quantitative estimate of drug-likeness (QED) is 0.212. The van der Waals surface area contributed by atoms with E-state index in [0.29, 0.717) is 5.78 Å². The van der Waals surface area contributed by atoms with E-state index in [4.69, 9.17) is 5.11 Å². The van der Waals surface area contributed by atoms with Crippen LogP contribution in [0.3, 0.4) is 0 Å². The molecule has 0 aliphatic rings. The van der Waals surface area contributed by atoms with Crippen LogP contribution in [0, 0.1) is 5.92 Å². The summed E-state index contributed by atoms with van der Waals surface area (Å²) in [5.74, 6) is 0.507. The third-order valence-corrected chi connectivity index (χ3v) is 4.07. The van der Waals surface area contributed by atoms with Gasteiger partial charge in [-0.25, -0.2) is 0 Å². The summed E-state index contributed by atoms with van der Waals surface area (Å²) in [6.45, 7) is 4.37. The lowest BCUT2D eigenvalue weighted by molar-refractivity contribution is -0.118. The third-order valence-electron chi connectivity index (χ3n) is 4.07. The first-order chi connectivity index (χ1) is 10.8. The first-order valence-corrected chi connectivity index (χ1v) is 9.25. The third kappa shape index (κ3) is 12.7. The molecule has 0 aromatic rings. The summed E-state index contributed by atoms with van der Waals surface area (Å²) in [5.41, 5.74) is 0. The number of unbranched alkanes of at least 4 members (excludes halogenated alkanes) is 7. The first kappa shape index (κ1) is 20.9. The molecule has 2 nitrogen and oxygen atoms in total. The van der Waals surface area contributed by atoms with Gasteiger partial charge in [-0.2, -0.15) is 0 Å². The van der Waals surface area contributed by atoms with Gasteiger partial charge in [-0.1, -0.05) is 64.5 Å². The summed E-state index contributed by atoms with van der Waals surface area (Å²) < 4.78 is 0. The number of carbonyl (C=O) groups is 1. The van der Waals surface area contributed by atoms with Crippen LogP contribution in [0.1, 0.15) is 90.9 Å². The van der Waals surface area contributed by atoms with Gasteiger partial charge in [0.1, 0.15) is 0 Å².